The third-order valence-corrected chi connectivity index (χ3v) is 3.00. The van der Waals surface area contributed by atoms with Gasteiger partial charge in [-0.3, -0.25) is 4.79 Å². The molecule has 1 aliphatic rings. The van der Waals surface area contributed by atoms with Crippen LogP contribution in [0, 0.1) is 0 Å². The van der Waals surface area contributed by atoms with E-state index in [2.05, 4.69) is 24.4 Å². The Morgan fingerprint density at radius 3 is 2.88 bits per heavy atom. The third-order valence-electron chi connectivity index (χ3n) is 3.00. The van der Waals surface area contributed by atoms with Gasteiger partial charge in [0.25, 0.3) is 0 Å². The molecule has 0 unspecified atom stereocenters. The van der Waals surface area contributed by atoms with Gasteiger partial charge in [0.05, 0.1) is 6.54 Å². The van der Waals surface area contributed by atoms with E-state index >= 15 is 0 Å². The van der Waals surface area contributed by atoms with Crippen LogP contribution in [0.25, 0.3) is 0 Å². The summed E-state index contributed by atoms with van der Waals surface area (Å²) in [5.41, 5.74) is 1.20. The summed E-state index contributed by atoms with van der Waals surface area (Å²) in [5, 5.41) is 3.22. The SMILES string of the molecule is C[C@@H]1CCN(Cc2ccccc2)C(=O)CN1. The minimum atomic E-state index is 0.202. The van der Waals surface area contributed by atoms with Crippen LogP contribution in [0.1, 0.15) is 18.9 Å². The summed E-state index contributed by atoms with van der Waals surface area (Å²) < 4.78 is 0. The second-order valence-corrected chi connectivity index (χ2v) is 4.37. The van der Waals surface area contributed by atoms with Crippen molar-refractivity contribution in [3.63, 3.8) is 0 Å². The number of hydrogen-bond acceptors (Lipinski definition) is 2. The van der Waals surface area contributed by atoms with E-state index in [1.54, 1.807) is 0 Å². The molecule has 0 radical (unpaired) electrons. The minimum absolute atomic E-state index is 0.202. The first-order valence-electron chi connectivity index (χ1n) is 5.81. The highest BCUT2D eigenvalue weighted by molar-refractivity contribution is 5.78. The summed E-state index contributed by atoms with van der Waals surface area (Å²) in [6.45, 7) is 4.17. The molecule has 3 nitrogen and oxygen atoms in total. The van der Waals surface area contributed by atoms with Crippen molar-refractivity contribution in [2.45, 2.75) is 25.9 Å². The van der Waals surface area contributed by atoms with Crippen LogP contribution in [0.4, 0.5) is 0 Å². The topological polar surface area (TPSA) is 32.3 Å². The Labute approximate surface area is 96.5 Å². The molecule has 86 valence electrons. The summed E-state index contributed by atoms with van der Waals surface area (Å²) in [4.78, 5) is 13.8. The Morgan fingerprint density at radius 2 is 2.12 bits per heavy atom. The van der Waals surface area contributed by atoms with Gasteiger partial charge in [-0.15, -0.1) is 0 Å². The Bertz CT molecular complexity index is 350. The van der Waals surface area contributed by atoms with Crippen molar-refractivity contribution in [1.82, 2.24) is 10.2 Å². The molecule has 1 heterocycles. The fraction of sp³-hybridized carbons (Fsp3) is 0.462. The monoisotopic (exact) mass is 218 g/mol. The van der Waals surface area contributed by atoms with Crippen molar-refractivity contribution < 1.29 is 4.79 Å². The summed E-state index contributed by atoms with van der Waals surface area (Å²) in [7, 11) is 0. The number of rotatable bonds is 2. The highest BCUT2D eigenvalue weighted by atomic mass is 16.2. The van der Waals surface area contributed by atoms with E-state index in [-0.39, 0.29) is 5.91 Å². The molecular weight excluding hydrogens is 200 g/mol. The van der Waals surface area contributed by atoms with Crippen LogP contribution in [-0.4, -0.2) is 29.9 Å². The maximum Gasteiger partial charge on any atom is 0.236 e. The molecule has 1 atom stereocenters. The van der Waals surface area contributed by atoms with E-state index in [4.69, 9.17) is 0 Å². The quantitative estimate of drug-likeness (QED) is 0.813. The lowest BCUT2D eigenvalue weighted by Crippen LogP contribution is -2.35. The second-order valence-electron chi connectivity index (χ2n) is 4.37. The van der Waals surface area contributed by atoms with Gasteiger partial charge in [-0.1, -0.05) is 30.3 Å². The van der Waals surface area contributed by atoms with Crippen molar-refractivity contribution in [1.29, 1.82) is 0 Å². The van der Waals surface area contributed by atoms with E-state index in [1.807, 2.05) is 23.1 Å². The zero-order chi connectivity index (χ0) is 11.4. The number of nitrogens with one attached hydrogen (secondary N) is 1. The maximum atomic E-state index is 11.8. The van der Waals surface area contributed by atoms with Crippen molar-refractivity contribution in [3.8, 4) is 0 Å². The van der Waals surface area contributed by atoms with Gasteiger partial charge in [0.2, 0.25) is 5.91 Å². The fourth-order valence-electron chi connectivity index (χ4n) is 1.92. The molecule has 0 bridgehead atoms. The number of carbonyl (C=O) groups excluding carboxylic acids is 1. The van der Waals surface area contributed by atoms with Crippen LogP contribution in [0.2, 0.25) is 0 Å². The first-order valence-corrected chi connectivity index (χ1v) is 5.81. The molecule has 16 heavy (non-hydrogen) atoms. The number of nitrogens with zero attached hydrogens (tertiary/aromatic N) is 1. The lowest BCUT2D eigenvalue weighted by atomic mass is 10.2. The highest BCUT2D eigenvalue weighted by Crippen LogP contribution is 2.08. The van der Waals surface area contributed by atoms with Gasteiger partial charge >= 0.3 is 0 Å². The Morgan fingerprint density at radius 1 is 1.38 bits per heavy atom. The number of carbonyl (C=O) groups is 1. The van der Waals surface area contributed by atoms with Gasteiger partial charge in [0, 0.05) is 19.1 Å². The van der Waals surface area contributed by atoms with Crippen molar-refractivity contribution in [3.05, 3.63) is 35.9 Å². The number of benzene rings is 1. The van der Waals surface area contributed by atoms with Crippen LogP contribution in [0.3, 0.4) is 0 Å². The van der Waals surface area contributed by atoms with Crippen molar-refractivity contribution in [2.75, 3.05) is 13.1 Å². The second kappa shape index (κ2) is 5.12. The Balaban J connectivity index is 2.00. The molecule has 1 aliphatic heterocycles. The molecule has 2 rings (SSSR count). The summed E-state index contributed by atoms with van der Waals surface area (Å²) in [5.74, 6) is 0.202. The van der Waals surface area contributed by atoms with Gasteiger partial charge in [-0.25, -0.2) is 0 Å². The Kier molecular flexibility index (Phi) is 3.57. The van der Waals surface area contributed by atoms with Gasteiger partial charge in [-0.05, 0) is 18.9 Å². The van der Waals surface area contributed by atoms with Crippen LogP contribution < -0.4 is 5.32 Å². The molecule has 0 saturated carbocycles. The average Bonchev–Trinajstić information content (AvgIpc) is 2.46. The summed E-state index contributed by atoms with van der Waals surface area (Å²) >= 11 is 0. The van der Waals surface area contributed by atoms with Crippen molar-refractivity contribution in [2.24, 2.45) is 0 Å². The van der Waals surface area contributed by atoms with Crippen LogP contribution in [-0.2, 0) is 11.3 Å². The number of amides is 1. The minimum Gasteiger partial charge on any atom is -0.337 e. The van der Waals surface area contributed by atoms with Gasteiger partial charge in [-0.2, -0.15) is 0 Å². The van der Waals surface area contributed by atoms with E-state index < -0.39 is 0 Å². The molecule has 1 aromatic carbocycles. The first-order chi connectivity index (χ1) is 7.75. The molecule has 1 N–H and O–H groups in total. The third kappa shape index (κ3) is 2.83. The zero-order valence-electron chi connectivity index (χ0n) is 9.65. The van der Waals surface area contributed by atoms with Crippen molar-refractivity contribution >= 4 is 5.91 Å². The maximum absolute atomic E-state index is 11.8. The fourth-order valence-corrected chi connectivity index (χ4v) is 1.92. The smallest absolute Gasteiger partial charge is 0.236 e. The largest absolute Gasteiger partial charge is 0.337 e. The summed E-state index contributed by atoms with van der Waals surface area (Å²) in [6, 6.07) is 10.6. The molecule has 1 saturated heterocycles. The van der Waals surface area contributed by atoms with E-state index in [1.165, 1.54) is 5.56 Å². The predicted molar refractivity (Wildman–Crippen MR) is 63.9 cm³/mol. The molecule has 3 heteroatoms. The molecule has 1 amide bonds. The predicted octanol–water partition coefficient (Wildman–Crippen LogP) is 1.40. The normalized spacial score (nSPS) is 21.9. The first kappa shape index (κ1) is 11.1. The zero-order valence-corrected chi connectivity index (χ0v) is 9.65. The molecule has 1 aromatic rings. The molecule has 0 spiro atoms. The summed E-state index contributed by atoms with van der Waals surface area (Å²) in [6.07, 6.45) is 1.03. The van der Waals surface area contributed by atoms with Crippen LogP contribution in [0.5, 0.6) is 0 Å². The Hall–Kier alpha value is -1.35. The molecule has 0 aromatic heterocycles. The number of hydrogen-bond donors (Lipinski definition) is 1. The van der Waals surface area contributed by atoms with Gasteiger partial charge in [0.15, 0.2) is 0 Å². The van der Waals surface area contributed by atoms with Crippen LogP contribution >= 0.6 is 0 Å². The van der Waals surface area contributed by atoms with E-state index in [0.717, 1.165) is 19.5 Å². The highest BCUT2D eigenvalue weighted by Gasteiger charge is 2.19. The molecule has 1 fully saturated rings. The molecule has 0 aliphatic carbocycles. The van der Waals surface area contributed by atoms with Gasteiger partial charge < -0.3 is 10.2 Å². The van der Waals surface area contributed by atoms with Gasteiger partial charge in [0.1, 0.15) is 0 Å². The van der Waals surface area contributed by atoms with E-state index in [0.29, 0.717) is 12.6 Å². The lowest BCUT2D eigenvalue weighted by Gasteiger charge is -2.20. The molecular formula is C13H18N2O. The van der Waals surface area contributed by atoms with E-state index in [9.17, 15) is 4.79 Å². The van der Waals surface area contributed by atoms with Crippen LogP contribution in [0.15, 0.2) is 30.3 Å². The lowest BCUT2D eigenvalue weighted by molar-refractivity contribution is -0.130. The average molecular weight is 218 g/mol. The standard InChI is InChI=1S/C13H18N2O/c1-11-7-8-15(13(16)9-14-11)10-12-5-3-2-4-6-12/h2-6,11,14H,7-10H2,1H3/t11-/m1/s1.